The lowest BCUT2D eigenvalue weighted by Crippen LogP contribution is -2.51. The van der Waals surface area contributed by atoms with Gasteiger partial charge in [0.25, 0.3) is 0 Å². The SMILES string of the molecule is CCc1cnc(CNC(=O)C2COCCN2)s1. The van der Waals surface area contributed by atoms with Gasteiger partial charge in [0.15, 0.2) is 0 Å². The number of hydrogen-bond acceptors (Lipinski definition) is 5. The molecule has 0 aliphatic carbocycles. The number of hydrogen-bond donors (Lipinski definition) is 2. The first-order valence-electron chi connectivity index (χ1n) is 5.82. The van der Waals surface area contributed by atoms with Crippen LogP contribution < -0.4 is 10.6 Å². The highest BCUT2D eigenvalue weighted by atomic mass is 32.1. The number of carbonyl (C=O) groups excluding carboxylic acids is 1. The highest BCUT2D eigenvalue weighted by Crippen LogP contribution is 2.12. The number of carbonyl (C=O) groups is 1. The quantitative estimate of drug-likeness (QED) is 0.813. The van der Waals surface area contributed by atoms with Crippen molar-refractivity contribution in [3.8, 4) is 0 Å². The highest BCUT2D eigenvalue weighted by Gasteiger charge is 2.20. The van der Waals surface area contributed by atoms with Gasteiger partial charge in [-0.1, -0.05) is 6.92 Å². The van der Waals surface area contributed by atoms with Crippen LogP contribution in [-0.4, -0.2) is 36.7 Å². The molecule has 2 heterocycles. The van der Waals surface area contributed by atoms with Crippen LogP contribution in [0.2, 0.25) is 0 Å². The van der Waals surface area contributed by atoms with E-state index in [1.807, 2.05) is 6.20 Å². The summed E-state index contributed by atoms with van der Waals surface area (Å²) in [7, 11) is 0. The summed E-state index contributed by atoms with van der Waals surface area (Å²) >= 11 is 1.64. The molecule has 1 aliphatic heterocycles. The van der Waals surface area contributed by atoms with Crippen molar-refractivity contribution in [3.63, 3.8) is 0 Å². The molecule has 94 valence electrons. The van der Waals surface area contributed by atoms with Crippen molar-refractivity contribution in [1.29, 1.82) is 0 Å². The molecule has 0 aromatic carbocycles. The Labute approximate surface area is 105 Å². The van der Waals surface area contributed by atoms with Crippen molar-refractivity contribution in [2.45, 2.75) is 25.9 Å². The molecular formula is C11H17N3O2S. The summed E-state index contributed by atoms with van der Waals surface area (Å²) in [6.45, 7) is 4.45. The maximum absolute atomic E-state index is 11.8. The third-order valence-corrected chi connectivity index (χ3v) is 3.74. The molecule has 6 heteroatoms. The van der Waals surface area contributed by atoms with Gasteiger partial charge in [0.05, 0.1) is 19.8 Å². The minimum absolute atomic E-state index is 0.0158. The third-order valence-electron chi connectivity index (χ3n) is 2.60. The van der Waals surface area contributed by atoms with Gasteiger partial charge in [-0.15, -0.1) is 11.3 Å². The van der Waals surface area contributed by atoms with Gasteiger partial charge in [0.2, 0.25) is 5.91 Å². The van der Waals surface area contributed by atoms with Gasteiger partial charge in [-0.05, 0) is 6.42 Å². The van der Waals surface area contributed by atoms with Crippen LogP contribution in [0.15, 0.2) is 6.20 Å². The zero-order valence-corrected chi connectivity index (χ0v) is 10.7. The first kappa shape index (κ1) is 12.5. The minimum Gasteiger partial charge on any atom is -0.378 e. The van der Waals surface area contributed by atoms with Crippen LogP contribution in [0.3, 0.4) is 0 Å². The van der Waals surface area contributed by atoms with Crippen LogP contribution in [0.25, 0.3) is 0 Å². The first-order chi connectivity index (χ1) is 8.29. The first-order valence-corrected chi connectivity index (χ1v) is 6.63. The number of amides is 1. The number of morpholine rings is 1. The molecular weight excluding hydrogens is 238 g/mol. The second-order valence-corrected chi connectivity index (χ2v) is 5.07. The maximum atomic E-state index is 11.8. The Bertz CT molecular complexity index is 375. The number of aryl methyl sites for hydroxylation is 1. The van der Waals surface area contributed by atoms with Gasteiger partial charge in [0, 0.05) is 17.6 Å². The van der Waals surface area contributed by atoms with Crippen LogP contribution in [0, 0.1) is 0 Å². The summed E-state index contributed by atoms with van der Waals surface area (Å²) in [6, 6.07) is -0.227. The van der Waals surface area contributed by atoms with Gasteiger partial charge in [-0.3, -0.25) is 4.79 Å². The zero-order chi connectivity index (χ0) is 12.1. The predicted octanol–water partition coefficient (Wildman–Crippen LogP) is 0.310. The molecule has 0 spiro atoms. The molecule has 17 heavy (non-hydrogen) atoms. The van der Waals surface area contributed by atoms with Crippen molar-refractivity contribution >= 4 is 17.2 Å². The van der Waals surface area contributed by atoms with Crippen LogP contribution in [-0.2, 0) is 22.5 Å². The van der Waals surface area contributed by atoms with Gasteiger partial charge >= 0.3 is 0 Å². The number of nitrogens with one attached hydrogen (secondary N) is 2. The molecule has 1 saturated heterocycles. The second kappa shape index (κ2) is 6.09. The fraction of sp³-hybridized carbons (Fsp3) is 0.636. The van der Waals surface area contributed by atoms with E-state index in [-0.39, 0.29) is 11.9 Å². The summed E-state index contributed by atoms with van der Waals surface area (Å²) in [5.74, 6) is -0.0158. The summed E-state index contributed by atoms with van der Waals surface area (Å²) in [6.07, 6.45) is 2.86. The fourth-order valence-corrected chi connectivity index (χ4v) is 2.42. The van der Waals surface area contributed by atoms with Crippen molar-refractivity contribution in [1.82, 2.24) is 15.6 Å². The Morgan fingerprint density at radius 2 is 2.65 bits per heavy atom. The number of rotatable bonds is 4. The van der Waals surface area contributed by atoms with Crippen molar-refractivity contribution in [2.75, 3.05) is 19.8 Å². The van der Waals surface area contributed by atoms with Crippen LogP contribution >= 0.6 is 11.3 Å². The lowest BCUT2D eigenvalue weighted by Gasteiger charge is -2.22. The molecule has 1 atom stereocenters. The molecule has 1 fully saturated rings. The maximum Gasteiger partial charge on any atom is 0.239 e. The van der Waals surface area contributed by atoms with Crippen molar-refractivity contribution in [2.24, 2.45) is 0 Å². The highest BCUT2D eigenvalue weighted by molar-refractivity contribution is 7.11. The zero-order valence-electron chi connectivity index (χ0n) is 9.86. The molecule has 1 unspecified atom stereocenters. The summed E-state index contributed by atoms with van der Waals surface area (Å²) in [4.78, 5) is 17.3. The second-order valence-electron chi connectivity index (χ2n) is 3.87. The normalized spacial score (nSPS) is 20.2. The van der Waals surface area contributed by atoms with Gasteiger partial charge in [-0.25, -0.2) is 4.98 Å². The van der Waals surface area contributed by atoms with E-state index in [0.29, 0.717) is 19.8 Å². The molecule has 2 rings (SSSR count). The van der Waals surface area contributed by atoms with E-state index >= 15 is 0 Å². The predicted molar refractivity (Wildman–Crippen MR) is 65.9 cm³/mol. The molecule has 1 aliphatic rings. The van der Waals surface area contributed by atoms with E-state index in [9.17, 15) is 4.79 Å². The minimum atomic E-state index is -0.227. The lowest BCUT2D eigenvalue weighted by atomic mass is 10.2. The van der Waals surface area contributed by atoms with Crippen LogP contribution in [0.1, 0.15) is 16.8 Å². The summed E-state index contributed by atoms with van der Waals surface area (Å²) in [5.41, 5.74) is 0. The van der Waals surface area contributed by atoms with Gasteiger partial charge in [-0.2, -0.15) is 0 Å². The molecule has 2 N–H and O–H groups in total. The average Bonchev–Trinajstić information content (AvgIpc) is 2.85. The number of ether oxygens (including phenoxy) is 1. The van der Waals surface area contributed by atoms with E-state index in [4.69, 9.17) is 4.74 Å². The summed E-state index contributed by atoms with van der Waals surface area (Å²) < 4.78 is 5.24. The van der Waals surface area contributed by atoms with Gasteiger partial charge in [0.1, 0.15) is 11.0 Å². The Morgan fingerprint density at radius 1 is 1.76 bits per heavy atom. The molecule has 0 radical (unpaired) electrons. The standard InChI is InChI=1S/C11H17N3O2S/c1-2-8-5-13-10(17-8)6-14-11(15)9-7-16-4-3-12-9/h5,9,12H,2-4,6-7H2,1H3,(H,14,15). The molecule has 1 aromatic heterocycles. The topological polar surface area (TPSA) is 63.2 Å². The van der Waals surface area contributed by atoms with E-state index in [0.717, 1.165) is 18.0 Å². The number of nitrogens with zero attached hydrogens (tertiary/aromatic N) is 1. The largest absolute Gasteiger partial charge is 0.378 e. The average molecular weight is 255 g/mol. The third kappa shape index (κ3) is 3.49. The van der Waals surface area contributed by atoms with E-state index in [2.05, 4.69) is 22.5 Å². The van der Waals surface area contributed by atoms with E-state index in [1.165, 1.54) is 4.88 Å². The molecule has 1 amide bonds. The van der Waals surface area contributed by atoms with Crippen molar-refractivity contribution < 1.29 is 9.53 Å². The fourth-order valence-electron chi connectivity index (χ4n) is 1.61. The molecule has 5 nitrogen and oxygen atoms in total. The Balaban J connectivity index is 1.78. The Hall–Kier alpha value is -0.980. The van der Waals surface area contributed by atoms with Crippen LogP contribution in [0.4, 0.5) is 0 Å². The number of aromatic nitrogens is 1. The van der Waals surface area contributed by atoms with E-state index < -0.39 is 0 Å². The number of thiazole rings is 1. The van der Waals surface area contributed by atoms with Crippen LogP contribution in [0.5, 0.6) is 0 Å². The molecule has 0 saturated carbocycles. The Morgan fingerprint density at radius 3 is 3.29 bits per heavy atom. The van der Waals surface area contributed by atoms with Crippen molar-refractivity contribution in [3.05, 3.63) is 16.1 Å². The van der Waals surface area contributed by atoms with Gasteiger partial charge < -0.3 is 15.4 Å². The Kier molecular flexibility index (Phi) is 4.47. The summed E-state index contributed by atoms with van der Waals surface area (Å²) in [5, 5.41) is 6.94. The van der Waals surface area contributed by atoms with E-state index in [1.54, 1.807) is 11.3 Å². The molecule has 0 bridgehead atoms. The monoisotopic (exact) mass is 255 g/mol. The smallest absolute Gasteiger partial charge is 0.239 e. The lowest BCUT2D eigenvalue weighted by molar-refractivity contribution is -0.126. The molecule has 1 aromatic rings.